The largest absolute Gasteiger partial charge is 0.453 e. The van der Waals surface area contributed by atoms with Crippen LogP contribution in [0.5, 0.6) is 0 Å². The number of rotatable bonds is 10. The van der Waals surface area contributed by atoms with Crippen LogP contribution in [0, 0.1) is 17.3 Å². The molecule has 4 N–H and O–H groups in total. The normalized spacial score (nSPS) is 21.9. The second kappa shape index (κ2) is 15.2. The van der Waals surface area contributed by atoms with Crippen LogP contribution < -0.4 is 10.6 Å². The van der Waals surface area contributed by atoms with Crippen molar-refractivity contribution >= 4 is 34.8 Å². The third-order valence-corrected chi connectivity index (χ3v) is 13.1. The maximum atomic E-state index is 13.9. The molecule has 14 heteroatoms. The Morgan fingerprint density at radius 3 is 2.14 bits per heavy atom. The molecule has 4 amide bonds. The third-order valence-electron chi connectivity index (χ3n) is 13.1. The Hall–Kier alpha value is -6.18. The van der Waals surface area contributed by atoms with Gasteiger partial charge in [0.05, 0.1) is 50.1 Å². The van der Waals surface area contributed by atoms with E-state index in [0.717, 1.165) is 94.6 Å². The molecule has 2 saturated carbocycles. The van der Waals surface area contributed by atoms with E-state index < -0.39 is 18.2 Å². The number of carbonyl (C=O) groups is 4. The summed E-state index contributed by atoms with van der Waals surface area (Å²) in [5.74, 6) is 1.51. The van der Waals surface area contributed by atoms with Crippen molar-refractivity contribution < 1.29 is 28.7 Å². The van der Waals surface area contributed by atoms with E-state index in [2.05, 4.69) is 86.0 Å². The fourth-order valence-corrected chi connectivity index (χ4v) is 9.66. The molecule has 0 unspecified atom stereocenters. The molecule has 2 saturated heterocycles. The summed E-state index contributed by atoms with van der Waals surface area (Å²) < 4.78 is 9.47. The second-order valence-corrected chi connectivity index (χ2v) is 17.1. The number of H-pyrrole nitrogens is 2. The third kappa shape index (κ3) is 7.29. The second-order valence-electron chi connectivity index (χ2n) is 17.1. The summed E-state index contributed by atoms with van der Waals surface area (Å²) in [6.45, 7) is 4.42. The maximum absolute atomic E-state index is 13.9. The van der Waals surface area contributed by atoms with Crippen molar-refractivity contribution in [3.63, 3.8) is 0 Å². The highest BCUT2D eigenvalue weighted by Crippen LogP contribution is 2.58. The Balaban J connectivity index is 0.887. The van der Waals surface area contributed by atoms with E-state index in [1.807, 2.05) is 36.0 Å². The Bertz CT molecular complexity index is 2420. The van der Waals surface area contributed by atoms with Crippen LogP contribution in [0.4, 0.5) is 9.59 Å². The summed E-state index contributed by atoms with van der Waals surface area (Å²) in [4.78, 5) is 71.2. The molecule has 2 aromatic heterocycles. The van der Waals surface area contributed by atoms with Gasteiger partial charge < -0.3 is 39.9 Å². The molecule has 5 aromatic rings. The van der Waals surface area contributed by atoms with Gasteiger partial charge in [-0.1, -0.05) is 62.4 Å². The molecule has 59 heavy (non-hydrogen) atoms. The summed E-state index contributed by atoms with van der Waals surface area (Å²) >= 11 is 0. The Kier molecular flexibility index (Phi) is 9.88. The molecule has 5 atom stereocenters. The number of nitrogens with zero attached hydrogens (tertiary/aromatic N) is 4. The van der Waals surface area contributed by atoms with Crippen LogP contribution in [-0.4, -0.2) is 93.1 Å². The number of methoxy groups -OCH3 is 2. The topological polar surface area (TPSA) is 175 Å². The van der Waals surface area contributed by atoms with E-state index in [0.29, 0.717) is 12.5 Å². The van der Waals surface area contributed by atoms with Gasteiger partial charge >= 0.3 is 12.2 Å². The number of hydrogen-bond donors (Lipinski definition) is 4. The number of aromatic nitrogens is 4. The Labute approximate surface area is 342 Å². The molecule has 1 spiro atoms. The monoisotopic (exact) mass is 798 g/mol. The molecule has 4 heterocycles. The number of carbonyl (C=O) groups excluding carboxylic acids is 4. The first-order valence-electron chi connectivity index (χ1n) is 20.6. The minimum atomic E-state index is -0.679. The minimum Gasteiger partial charge on any atom is -0.453 e. The van der Waals surface area contributed by atoms with Crippen LogP contribution >= 0.6 is 0 Å². The molecular weight excluding hydrogens is 749 g/mol. The molecule has 2 bridgehead atoms. The van der Waals surface area contributed by atoms with Crippen LogP contribution in [0.3, 0.4) is 0 Å². The zero-order valence-corrected chi connectivity index (χ0v) is 33.8. The lowest BCUT2D eigenvalue weighted by molar-refractivity contribution is -0.139. The number of piperidine rings is 1. The van der Waals surface area contributed by atoms with Crippen molar-refractivity contribution in [2.24, 2.45) is 17.3 Å². The average Bonchev–Trinajstić information content (AvgIpc) is 3.89. The van der Waals surface area contributed by atoms with Crippen molar-refractivity contribution in [3.05, 3.63) is 84.7 Å². The fraction of sp³-hybridized carbons (Fsp3) is 0.422. The molecule has 2 aliphatic heterocycles. The summed E-state index contributed by atoms with van der Waals surface area (Å²) in [6.07, 6.45) is 8.43. The van der Waals surface area contributed by atoms with E-state index in [9.17, 15) is 19.2 Å². The maximum Gasteiger partial charge on any atom is 0.407 e. The van der Waals surface area contributed by atoms with Gasteiger partial charge in [-0.2, -0.15) is 0 Å². The predicted octanol–water partition coefficient (Wildman–Crippen LogP) is 7.13. The zero-order chi connectivity index (χ0) is 41.0. The van der Waals surface area contributed by atoms with Crippen LogP contribution in [0.15, 0.2) is 73.1 Å². The number of ether oxygens (including phenoxy) is 2. The summed E-state index contributed by atoms with van der Waals surface area (Å²) in [5.41, 5.74) is 6.11. The predicted molar refractivity (Wildman–Crippen MR) is 221 cm³/mol. The van der Waals surface area contributed by atoms with Gasteiger partial charge in [-0.05, 0) is 95.4 Å². The number of hydrogen-bond acceptors (Lipinski definition) is 8. The van der Waals surface area contributed by atoms with Gasteiger partial charge in [0.25, 0.3) is 0 Å². The van der Waals surface area contributed by atoms with Crippen molar-refractivity contribution in [1.29, 1.82) is 0 Å². The SMILES string of the molecule is COC(=O)NCC(=O)N1CC2(CC2)C[C@H]1c1ncc(-c2ccc3cc(-c4ccc(-c5cnc([C@@H]6[C@H]7CC[C@H](C7)N6C(=O)[C@@H](NC(=O)OC)C(C)C)[nH]5)cc4)ccc3c2)[nH]1. The first-order valence-corrected chi connectivity index (χ1v) is 20.6. The first kappa shape index (κ1) is 38.3. The van der Waals surface area contributed by atoms with Gasteiger partial charge in [-0.25, -0.2) is 19.6 Å². The number of aromatic amines is 2. The number of likely N-dealkylation sites (tertiary alicyclic amines) is 2. The van der Waals surface area contributed by atoms with E-state index in [1.165, 1.54) is 14.2 Å². The lowest BCUT2D eigenvalue weighted by atomic mass is 9.95. The van der Waals surface area contributed by atoms with Crippen molar-refractivity contribution in [3.8, 4) is 33.6 Å². The van der Waals surface area contributed by atoms with Crippen LogP contribution in [0.2, 0.25) is 0 Å². The molecule has 4 aliphatic rings. The lowest BCUT2D eigenvalue weighted by Crippen LogP contribution is -2.54. The van der Waals surface area contributed by atoms with Crippen molar-refractivity contribution in [1.82, 2.24) is 40.4 Å². The summed E-state index contributed by atoms with van der Waals surface area (Å²) in [5, 5.41) is 7.49. The van der Waals surface area contributed by atoms with E-state index in [4.69, 9.17) is 14.7 Å². The van der Waals surface area contributed by atoms with E-state index >= 15 is 0 Å². The molecular formula is C45H50N8O6. The average molecular weight is 799 g/mol. The molecule has 3 aromatic carbocycles. The summed E-state index contributed by atoms with van der Waals surface area (Å²) in [6, 6.07) is 20.3. The molecule has 4 fully saturated rings. The number of fused-ring (bicyclic) bond motifs is 3. The first-order chi connectivity index (χ1) is 28.5. The number of alkyl carbamates (subject to hydrolysis) is 2. The van der Waals surface area contributed by atoms with Gasteiger partial charge in [-0.3, -0.25) is 9.59 Å². The Morgan fingerprint density at radius 1 is 0.814 bits per heavy atom. The molecule has 9 rings (SSSR count). The van der Waals surface area contributed by atoms with Gasteiger partial charge in [0, 0.05) is 18.2 Å². The van der Waals surface area contributed by atoms with Crippen molar-refractivity contribution in [2.45, 2.75) is 76.5 Å². The Morgan fingerprint density at radius 2 is 1.44 bits per heavy atom. The highest BCUT2D eigenvalue weighted by molar-refractivity contribution is 5.91. The zero-order valence-electron chi connectivity index (χ0n) is 33.8. The number of amides is 4. The van der Waals surface area contributed by atoms with Crippen molar-refractivity contribution in [2.75, 3.05) is 27.3 Å². The smallest absolute Gasteiger partial charge is 0.407 e. The van der Waals surface area contributed by atoms with Crippen LogP contribution in [-0.2, 0) is 19.1 Å². The molecule has 306 valence electrons. The van der Waals surface area contributed by atoms with Crippen LogP contribution in [0.1, 0.15) is 76.1 Å². The number of imidazole rings is 2. The number of nitrogens with one attached hydrogen (secondary N) is 4. The van der Waals surface area contributed by atoms with Gasteiger partial charge in [0.2, 0.25) is 11.8 Å². The summed E-state index contributed by atoms with van der Waals surface area (Å²) in [7, 11) is 2.59. The highest BCUT2D eigenvalue weighted by atomic mass is 16.5. The highest BCUT2D eigenvalue weighted by Gasteiger charge is 2.54. The fourth-order valence-electron chi connectivity index (χ4n) is 9.66. The molecule has 2 aliphatic carbocycles. The van der Waals surface area contributed by atoms with Gasteiger partial charge in [0.1, 0.15) is 24.2 Å². The quantitative estimate of drug-likeness (QED) is 0.115. The van der Waals surface area contributed by atoms with Gasteiger partial charge in [-0.15, -0.1) is 0 Å². The molecule has 0 radical (unpaired) electrons. The standard InChI is InChI=1S/C45H50N8O6/c1-25(2)38(51-44(57)59-4)42(55)53-33-14-13-32(19-33)39(53)41-47-21-34(50-41)27-7-5-26(6-8-27)28-9-10-30-18-31(12-11-29(30)17-28)35-22-46-40(49-35)36-20-45(15-16-45)24-52(36)37(54)23-48-43(56)58-3/h5-12,17-18,21-22,25,32-33,36,38-39H,13-16,19-20,23-24H2,1-4H3,(H,46,49)(H,47,50)(H,48,56)(H,51,57)/t32-,33+,36-,38-,39-/m0/s1. The number of benzene rings is 3. The van der Waals surface area contributed by atoms with E-state index in [-0.39, 0.29) is 47.8 Å². The van der Waals surface area contributed by atoms with Crippen LogP contribution in [0.25, 0.3) is 44.4 Å². The van der Waals surface area contributed by atoms with Gasteiger partial charge in [0.15, 0.2) is 0 Å². The van der Waals surface area contributed by atoms with E-state index in [1.54, 1.807) is 0 Å². The molecule has 14 nitrogen and oxygen atoms in total. The lowest BCUT2D eigenvalue weighted by Gasteiger charge is -2.37. The minimum absolute atomic E-state index is 0.0905.